The maximum atomic E-state index is 12.9. The van der Waals surface area contributed by atoms with Gasteiger partial charge in [-0.1, -0.05) is 0 Å². The van der Waals surface area contributed by atoms with Crippen molar-refractivity contribution in [2.45, 2.75) is 38.7 Å². The summed E-state index contributed by atoms with van der Waals surface area (Å²) in [4.78, 5) is 13.0. The second-order valence-electron chi connectivity index (χ2n) is 6.52. The van der Waals surface area contributed by atoms with Gasteiger partial charge in [0, 0.05) is 48.3 Å². The Morgan fingerprint density at radius 1 is 1.12 bits per heavy atom. The molecule has 1 fully saturated rings. The van der Waals surface area contributed by atoms with E-state index in [9.17, 15) is 8.42 Å². The molecule has 0 amide bonds. The topological polar surface area (TPSA) is 75.6 Å². The van der Waals surface area contributed by atoms with Crippen LogP contribution in [0, 0.1) is 13.8 Å². The Balaban J connectivity index is 1.75. The summed E-state index contributed by atoms with van der Waals surface area (Å²) >= 11 is 1.51. The Labute approximate surface area is 158 Å². The van der Waals surface area contributed by atoms with Crippen molar-refractivity contribution in [3.05, 3.63) is 28.2 Å². The van der Waals surface area contributed by atoms with Crippen LogP contribution in [0.1, 0.15) is 23.6 Å². The zero-order chi connectivity index (χ0) is 18.9. The van der Waals surface area contributed by atoms with Gasteiger partial charge in [-0.2, -0.15) is 4.31 Å². The molecule has 0 aliphatic carbocycles. The molecule has 26 heavy (non-hydrogen) atoms. The highest BCUT2D eigenvalue weighted by Crippen LogP contribution is 2.30. The smallest absolute Gasteiger partial charge is 0.257 e. The fraction of sp³-hybridized carbons (Fsp3) is 0.529. The summed E-state index contributed by atoms with van der Waals surface area (Å²) in [5, 5.41) is 0. The highest BCUT2D eigenvalue weighted by molar-refractivity contribution is 7.89. The lowest BCUT2D eigenvalue weighted by Crippen LogP contribution is -2.49. The number of sulfonamides is 1. The molecule has 0 N–H and O–H groups in total. The van der Waals surface area contributed by atoms with Gasteiger partial charge in [-0.15, -0.1) is 11.3 Å². The molecule has 0 atom stereocenters. The number of ether oxygens (including phenoxy) is 1. The first-order valence-corrected chi connectivity index (χ1v) is 10.8. The van der Waals surface area contributed by atoms with E-state index >= 15 is 0 Å². The van der Waals surface area contributed by atoms with E-state index in [1.54, 1.807) is 22.8 Å². The first-order valence-electron chi connectivity index (χ1n) is 8.59. The molecule has 7 nitrogen and oxygen atoms in total. The minimum Gasteiger partial charge on any atom is -0.472 e. The zero-order valence-corrected chi connectivity index (χ0v) is 17.1. The number of hydrogen-bond acceptors (Lipinski definition) is 7. The average Bonchev–Trinajstić information content (AvgIpc) is 2.94. The van der Waals surface area contributed by atoms with E-state index in [0.29, 0.717) is 42.8 Å². The molecule has 142 valence electrons. The predicted molar refractivity (Wildman–Crippen MR) is 103 cm³/mol. The Kier molecular flexibility index (Phi) is 5.50. The number of hydrogen-bond donors (Lipinski definition) is 0. The Hall–Kier alpha value is -1.71. The number of rotatable bonds is 5. The molecule has 0 unspecified atom stereocenters. The normalized spacial score (nSPS) is 16.3. The summed E-state index contributed by atoms with van der Waals surface area (Å²) in [6.45, 7) is 9.59. The summed E-state index contributed by atoms with van der Waals surface area (Å²) in [5.74, 6) is 1.16. The third-order valence-corrected chi connectivity index (χ3v) is 7.27. The molecule has 1 aliphatic rings. The van der Waals surface area contributed by atoms with Crippen molar-refractivity contribution in [2.24, 2.45) is 0 Å². The largest absolute Gasteiger partial charge is 0.472 e. The van der Waals surface area contributed by atoms with Crippen molar-refractivity contribution in [1.29, 1.82) is 0 Å². The fourth-order valence-electron chi connectivity index (χ4n) is 2.98. The van der Waals surface area contributed by atoms with Gasteiger partial charge in [0.1, 0.15) is 0 Å². The van der Waals surface area contributed by atoms with Gasteiger partial charge in [0.05, 0.1) is 11.0 Å². The van der Waals surface area contributed by atoms with Gasteiger partial charge in [-0.25, -0.2) is 18.4 Å². The molecule has 2 aromatic rings. The number of nitrogens with zero attached hydrogens (tertiary/aromatic N) is 4. The van der Waals surface area contributed by atoms with E-state index in [1.165, 1.54) is 11.3 Å². The van der Waals surface area contributed by atoms with Gasteiger partial charge in [-0.05, 0) is 33.8 Å². The van der Waals surface area contributed by atoms with E-state index in [1.807, 2.05) is 32.6 Å². The summed E-state index contributed by atoms with van der Waals surface area (Å²) in [5.41, 5.74) is 0. The predicted octanol–water partition coefficient (Wildman–Crippen LogP) is 2.45. The molecule has 0 bridgehead atoms. The summed E-state index contributed by atoms with van der Waals surface area (Å²) in [6.07, 6.45) is 3.23. The molecular formula is C17H24N4O3S2. The van der Waals surface area contributed by atoms with E-state index in [2.05, 4.69) is 9.97 Å². The van der Waals surface area contributed by atoms with Crippen LogP contribution in [-0.4, -0.2) is 55.0 Å². The molecular weight excluding hydrogens is 372 g/mol. The zero-order valence-electron chi connectivity index (χ0n) is 15.5. The minimum absolute atomic E-state index is 0.00285. The lowest BCUT2D eigenvalue weighted by atomic mass is 10.3. The number of aromatic nitrogens is 2. The summed E-state index contributed by atoms with van der Waals surface area (Å²) in [7, 11) is -3.46. The van der Waals surface area contributed by atoms with Crippen LogP contribution >= 0.6 is 11.3 Å². The number of piperazine rings is 1. The average molecular weight is 397 g/mol. The molecule has 2 aromatic heterocycles. The third kappa shape index (κ3) is 3.84. The molecule has 3 rings (SSSR count). The summed E-state index contributed by atoms with van der Waals surface area (Å²) < 4.78 is 33.2. The molecule has 0 aromatic carbocycles. The highest BCUT2D eigenvalue weighted by Gasteiger charge is 2.31. The van der Waals surface area contributed by atoms with E-state index < -0.39 is 10.0 Å². The van der Waals surface area contributed by atoms with Crippen LogP contribution in [0.25, 0.3) is 0 Å². The van der Waals surface area contributed by atoms with E-state index in [0.717, 1.165) is 9.75 Å². The van der Waals surface area contributed by atoms with Crippen LogP contribution in [-0.2, 0) is 10.0 Å². The highest BCUT2D eigenvalue weighted by atomic mass is 32.2. The van der Waals surface area contributed by atoms with Crippen molar-refractivity contribution >= 4 is 27.2 Å². The Morgan fingerprint density at radius 2 is 1.77 bits per heavy atom. The molecule has 1 aliphatic heterocycles. The molecule has 0 saturated carbocycles. The number of aryl methyl sites for hydroxylation is 2. The monoisotopic (exact) mass is 396 g/mol. The Morgan fingerprint density at radius 3 is 2.35 bits per heavy atom. The van der Waals surface area contributed by atoms with Crippen LogP contribution in [0.15, 0.2) is 23.4 Å². The van der Waals surface area contributed by atoms with Gasteiger partial charge in [0.2, 0.25) is 10.0 Å². The molecule has 1 saturated heterocycles. The standard InChI is InChI=1S/C17H24N4O3S2/c1-12(2)24-17-16(18-5-6-19-17)20-7-9-21(10-8-20)26(22,23)15-11-13(3)25-14(15)4/h5-6,11-12H,7-10H2,1-4H3. The van der Waals surface area contributed by atoms with Crippen molar-refractivity contribution in [3.8, 4) is 5.88 Å². The first-order chi connectivity index (χ1) is 12.3. The third-order valence-electron chi connectivity index (χ3n) is 4.15. The molecule has 0 spiro atoms. The van der Waals surface area contributed by atoms with Crippen molar-refractivity contribution in [1.82, 2.24) is 14.3 Å². The second kappa shape index (κ2) is 7.50. The van der Waals surface area contributed by atoms with Gasteiger partial charge in [0.15, 0.2) is 5.82 Å². The van der Waals surface area contributed by atoms with Crippen LogP contribution in [0.5, 0.6) is 5.88 Å². The fourth-order valence-corrected chi connectivity index (χ4v) is 5.93. The van der Waals surface area contributed by atoms with Gasteiger partial charge in [-0.3, -0.25) is 0 Å². The van der Waals surface area contributed by atoms with Gasteiger partial charge < -0.3 is 9.64 Å². The lowest BCUT2D eigenvalue weighted by molar-refractivity contribution is 0.231. The first kappa shape index (κ1) is 19.1. The Bertz CT molecular complexity index is 872. The van der Waals surface area contributed by atoms with Crippen LogP contribution in [0.4, 0.5) is 5.82 Å². The van der Waals surface area contributed by atoms with Gasteiger partial charge in [0.25, 0.3) is 5.88 Å². The molecule has 9 heteroatoms. The van der Waals surface area contributed by atoms with Crippen LogP contribution in [0.3, 0.4) is 0 Å². The van der Waals surface area contributed by atoms with Crippen LogP contribution < -0.4 is 9.64 Å². The number of anilines is 1. The quantitative estimate of drug-likeness (QED) is 0.773. The minimum atomic E-state index is -3.46. The van der Waals surface area contributed by atoms with Crippen LogP contribution in [0.2, 0.25) is 0 Å². The molecule has 0 radical (unpaired) electrons. The SMILES string of the molecule is Cc1cc(S(=O)(=O)N2CCN(c3nccnc3OC(C)C)CC2)c(C)s1. The molecule has 3 heterocycles. The maximum absolute atomic E-state index is 12.9. The number of thiophene rings is 1. The lowest BCUT2D eigenvalue weighted by Gasteiger charge is -2.35. The van der Waals surface area contributed by atoms with E-state index in [4.69, 9.17) is 4.74 Å². The summed E-state index contributed by atoms with van der Waals surface area (Å²) in [6, 6.07) is 1.76. The van der Waals surface area contributed by atoms with Crippen molar-refractivity contribution in [3.63, 3.8) is 0 Å². The van der Waals surface area contributed by atoms with Crippen molar-refractivity contribution < 1.29 is 13.2 Å². The maximum Gasteiger partial charge on any atom is 0.257 e. The van der Waals surface area contributed by atoms with Gasteiger partial charge >= 0.3 is 0 Å². The van der Waals surface area contributed by atoms with E-state index in [-0.39, 0.29) is 6.10 Å². The second-order valence-corrected chi connectivity index (χ2v) is 9.89. The van der Waals surface area contributed by atoms with Crippen molar-refractivity contribution in [2.75, 3.05) is 31.1 Å².